The summed E-state index contributed by atoms with van der Waals surface area (Å²) in [6, 6.07) is 1.39. The Labute approximate surface area is 95.0 Å². The fourth-order valence-corrected chi connectivity index (χ4v) is 2.54. The van der Waals surface area contributed by atoms with Gasteiger partial charge in [0.05, 0.1) is 6.04 Å². The van der Waals surface area contributed by atoms with Gasteiger partial charge in [0.25, 0.3) is 5.91 Å². The van der Waals surface area contributed by atoms with Gasteiger partial charge in [0.2, 0.25) is 0 Å². The second-order valence-corrected chi connectivity index (χ2v) is 4.90. The maximum absolute atomic E-state index is 11.3. The minimum atomic E-state index is -0.560. The van der Waals surface area contributed by atoms with Crippen molar-refractivity contribution in [2.75, 3.05) is 7.05 Å². The molecule has 0 saturated carbocycles. The van der Waals surface area contributed by atoms with Crippen molar-refractivity contribution in [3.63, 3.8) is 0 Å². The predicted octanol–water partition coefficient (Wildman–Crippen LogP) is 0.713. The number of halogens is 1. The lowest BCUT2D eigenvalue weighted by atomic mass is 10.2. The Balaban J connectivity index is 2.57. The van der Waals surface area contributed by atoms with Crippen molar-refractivity contribution >= 4 is 33.2 Å². The van der Waals surface area contributed by atoms with Crippen LogP contribution in [0, 0.1) is 0 Å². The number of thiophene rings is 1. The minimum Gasteiger partial charge on any atom is -0.320 e. The number of likely N-dealkylation sites (N-methyl/N-ethyl adjacent to an activating group) is 1. The van der Waals surface area contributed by atoms with Gasteiger partial charge in [-0.25, -0.2) is 5.84 Å². The van der Waals surface area contributed by atoms with Crippen LogP contribution >= 0.6 is 27.3 Å². The van der Waals surface area contributed by atoms with E-state index in [-0.39, 0.29) is 5.91 Å². The van der Waals surface area contributed by atoms with Crippen LogP contribution in [0.4, 0.5) is 0 Å². The zero-order valence-corrected chi connectivity index (χ0v) is 10.1. The third-order valence-corrected chi connectivity index (χ3v) is 3.43. The van der Waals surface area contributed by atoms with Gasteiger partial charge < -0.3 is 5.73 Å². The topological polar surface area (TPSA) is 72.3 Å². The summed E-state index contributed by atoms with van der Waals surface area (Å²) in [5.74, 6) is 5.04. The van der Waals surface area contributed by atoms with Crippen LogP contribution in [0.3, 0.4) is 0 Å². The molecular formula is C8H12BrN3OS. The highest BCUT2D eigenvalue weighted by Crippen LogP contribution is 2.20. The Morgan fingerprint density at radius 2 is 2.43 bits per heavy atom. The van der Waals surface area contributed by atoms with Crippen LogP contribution < -0.4 is 11.6 Å². The molecule has 4 nitrogen and oxygen atoms in total. The molecule has 1 amide bonds. The number of hydrogen-bond donors (Lipinski definition) is 2. The van der Waals surface area contributed by atoms with Gasteiger partial charge in [0.1, 0.15) is 0 Å². The van der Waals surface area contributed by atoms with Crippen molar-refractivity contribution < 1.29 is 4.79 Å². The fraction of sp³-hybridized carbons (Fsp3) is 0.375. The molecule has 0 radical (unpaired) electrons. The lowest BCUT2D eigenvalue weighted by molar-refractivity contribution is -0.131. The maximum atomic E-state index is 11.3. The summed E-state index contributed by atoms with van der Waals surface area (Å²) in [6.45, 7) is 0. The number of hydrogen-bond acceptors (Lipinski definition) is 4. The summed E-state index contributed by atoms with van der Waals surface area (Å²) < 4.78 is 1.01. The molecule has 1 unspecified atom stereocenters. The zero-order valence-electron chi connectivity index (χ0n) is 7.74. The van der Waals surface area contributed by atoms with Crippen molar-refractivity contribution in [1.29, 1.82) is 0 Å². The molecular weight excluding hydrogens is 266 g/mol. The van der Waals surface area contributed by atoms with Gasteiger partial charge in [-0.3, -0.25) is 9.80 Å². The minimum absolute atomic E-state index is 0.255. The van der Waals surface area contributed by atoms with E-state index in [1.54, 1.807) is 11.3 Å². The average Bonchev–Trinajstić information content (AvgIpc) is 2.49. The molecule has 0 bridgehead atoms. The molecule has 1 atom stereocenters. The molecule has 0 aliphatic carbocycles. The van der Waals surface area contributed by atoms with Gasteiger partial charge in [-0.15, -0.1) is 11.3 Å². The standard InChI is InChI=1S/C8H12BrN3OS/c1-12(11)8(13)7(10)3-6-2-5(9)4-14-6/h2,4,7H,3,10-11H2,1H3. The number of carbonyl (C=O) groups excluding carboxylic acids is 1. The normalized spacial score (nSPS) is 12.6. The number of hydrazine groups is 1. The Morgan fingerprint density at radius 1 is 1.79 bits per heavy atom. The number of nitrogens with two attached hydrogens (primary N) is 2. The Hall–Kier alpha value is -0.430. The molecule has 0 fully saturated rings. The Kier molecular flexibility index (Phi) is 4.06. The maximum Gasteiger partial charge on any atom is 0.253 e. The average molecular weight is 278 g/mol. The van der Waals surface area contributed by atoms with Crippen LogP contribution in [-0.4, -0.2) is 24.0 Å². The first-order valence-electron chi connectivity index (χ1n) is 4.01. The van der Waals surface area contributed by atoms with Crippen molar-refractivity contribution in [1.82, 2.24) is 5.01 Å². The molecule has 0 aliphatic rings. The van der Waals surface area contributed by atoms with Gasteiger partial charge in [-0.2, -0.15) is 0 Å². The zero-order chi connectivity index (χ0) is 10.7. The van der Waals surface area contributed by atoms with Gasteiger partial charge in [0.15, 0.2) is 0 Å². The molecule has 0 aliphatic heterocycles. The van der Waals surface area contributed by atoms with E-state index in [0.29, 0.717) is 6.42 Å². The van der Waals surface area contributed by atoms with Gasteiger partial charge in [-0.1, -0.05) is 0 Å². The van der Waals surface area contributed by atoms with Crippen LogP contribution in [0.1, 0.15) is 4.88 Å². The summed E-state index contributed by atoms with van der Waals surface area (Å²) in [7, 11) is 1.49. The second-order valence-electron chi connectivity index (χ2n) is 2.99. The second kappa shape index (κ2) is 4.88. The molecule has 1 aromatic heterocycles. The summed E-state index contributed by atoms with van der Waals surface area (Å²) in [4.78, 5) is 12.4. The molecule has 4 N–H and O–H groups in total. The Morgan fingerprint density at radius 3 is 2.86 bits per heavy atom. The molecule has 0 saturated heterocycles. The smallest absolute Gasteiger partial charge is 0.253 e. The highest BCUT2D eigenvalue weighted by molar-refractivity contribution is 9.10. The molecule has 0 aromatic carbocycles. The van der Waals surface area contributed by atoms with Crippen molar-refractivity contribution in [2.24, 2.45) is 11.6 Å². The molecule has 78 valence electrons. The molecule has 1 aromatic rings. The molecule has 1 heterocycles. The highest BCUT2D eigenvalue weighted by atomic mass is 79.9. The predicted molar refractivity (Wildman–Crippen MR) is 60.7 cm³/mol. The van der Waals surface area contributed by atoms with E-state index in [1.807, 2.05) is 11.4 Å². The SMILES string of the molecule is CN(N)C(=O)C(N)Cc1cc(Br)cs1. The first-order chi connectivity index (χ1) is 6.50. The molecule has 14 heavy (non-hydrogen) atoms. The van der Waals surface area contributed by atoms with E-state index in [1.165, 1.54) is 7.05 Å². The van der Waals surface area contributed by atoms with Crippen LogP contribution in [0.15, 0.2) is 15.9 Å². The van der Waals surface area contributed by atoms with Crippen molar-refractivity contribution in [2.45, 2.75) is 12.5 Å². The van der Waals surface area contributed by atoms with Crippen molar-refractivity contribution in [3.05, 3.63) is 20.8 Å². The molecule has 0 spiro atoms. The first-order valence-corrected chi connectivity index (χ1v) is 5.68. The third-order valence-electron chi connectivity index (χ3n) is 1.71. The summed E-state index contributed by atoms with van der Waals surface area (Å²) in [6.07, 6.45) is 0.524. The quantitative estimate of drug-likeness (QED) is 0.486. The molecule has 6 heteroatoms. The third kappa shape index (κ3) is 3.06. The van der Waals surface area contributed by atoms with E-state index in [0.717, 1.165) is 14.4 Å². The Bertz CT molecular complexity index is 326. The summed E-state index contributed by atoms with van der Waals surface area (Å²) in [5, 5.41) is 2.98. The number of nitrogens with zero attached hydrogens (tertiary/aromatic N) is 1. The van der Waals surface area contributed by atoms with Crippen LogP contribution in [0.2, 0.25) is 0 Å². The summed E-state index contributed by atoms with van der Waals surface area (Å²) in [5.41, 5.74) is 5.68. The van der Waals surface area contributed by atoms with Crippen LogP contribution in [-0.2, 0) is 11.2 Å². The van der Waals surface area contributed by atoms with Gasteiger partial charge in [-0.05, 0) is 22.0 Å². The van der Waals surface area contributed by atoms with Gasteiger partial charge in [0, 0.05) is 28.2 Å². The van der Waals surface area contributed by atoms with E-state index in [9.17, 15) is 4.79 Å². The monoisotopic (exact) mass is 277 g/mol. The summed E-state index contributed by atoms with van der Waals surface area (Å²) >= 11 is 4.91. The lowest BCUT2D eigenvalue weighted by Gasteiger charge is -2.15. The van der Waals surface area contributed by atoms with E-state index >= 15 is 0 Å². The van der Waals surface area contributed by atoms with E-state index in [2.05, 4.69) is 15.9 Å². The fourth-order valence-electron chi connectivity index (χ4n) is 1.03. The van der Waals surface area contributed by atoms with Gasteiger partial charge >= 0.3 is 0 Å². The van der Waals surface area contributed by atoms with Crippen LogP contribution in [0.5, 0.6) is 0 Å². The largest absolute Gasteiger partial charge is 0.320 e. The first kappa shape index (κ1) is 11.6. The highest BCUT2D eigenvalue weighted by Gasteiger charge is 2.16. The van der Waals surface area contributed by atoms with E-state index in [4.69, 9.17) is 11.6 Å². The number of amides is 1. The van der Waals surface area contributed by atoms with Crippen LogP contribution in [0.25, 0.3) is 0 Å². The van der Waals surface area contributed by atoms with Crippen molar-refractivity contribution in [3.8, 4) is 0 Å². The number of carbonyl (C=O) groups is 1. The molecule has 1 rings (SSSR count). The van der Waals surface area contributed by atoms with E-state index < -0.39 is 6.04 Å². The lowest BCUT2D eigenvalue weighted by Crippen LogP contribution is -2.46. The number of rotatable bonds is 3.